The number of ketones is 1. The number of hydrogen-bond acceptors (Lipinski definition) is 5. The largest absolute Gasteiger partial charge is 0.477 e. The Morgan fingerprint density at radius 1 is 0.938 bits per heavy atom. The van der Waals surface area contributed by atoms with Crippen molar-refractivity contribution < 1.29 is 14.7 Å². The van der Waals surface area contributed by atoms with Crippen LogP contribution in [0.1, 0.15) is 12.0 Å². The van der Waals surface area contributed by atoms with E-state index in [0.29, 0.717) is 25.5 Å². The van der Waals surface area contributed by atoms with E-state index in [-0.39, 0.29) is 17.8 Å². The number of hydrogen-bond donors (Lipinski definition) is 2. The maximum atomic E-state index is 12.5. The molecule has 32 heavy (non-hydrogen) atoms. The van der Waals surface area contributed by atoms with E-state index in [1.54, 1.807) is 0 Å². The van der Waals surface area contributed by atoms with Gasteiger partial charge in [0.25, 0.3) is 0 Å². The number of anilines is 2. The van der Waals surface area contributed by atoms with Gasteiger partial charge in [-0.2, -0.15) is 0 Å². The van der Waals surface area contributed by atoms with Crippen molar-refractivity contribution in [3.63, 3.8) is 0 Å². The fourth-order valence-corrected chi connectivity index (χ4v) is 4.62. The molecule has 0 unspecified atom stereocenters. The summed E-state index contributed by atoms with van der Waals surface area (Å²) in [6.07, 6.45) is 1.14. The molecule has 2 heterocycles. The summed E-state index contributed by atoms with van der Waals surface area (Å²) in [6, 6.07) is 22.6. The van der Waals surface area contributed by atoms with Gasteiger partial charge in [-0.05, 0) is 41.4 Å². The third kappa shape index (κ3) is 3.63. The lowest BCUT2D eigenvalue weighted by Crippen LogP contribution is -2.41. The second kappa shape index (κ2) is 8.48. The van der Waals surface area contributed by atoms with Crippen LogP contribution in [0.3, 0.4) is 0 Å². The number of rotatable bonds is 7. The molecule has 0 atom stereocenters. The molecule has 3 aromatic rings. The van der Waals surface area contributed by atoms with E-state index < -0.39 is 5.97 Å². The summed E-state index contributed by atoms with van der Waals surface area (Å²) in [5.74, 6) is -0.957. The van der Waals surface area contributed by atoms with Gasteiger partial charge in [-0.25, -0.2) is 4.79 Å². The summed E-state index contributed by atoms with van der Waals surface area (Å²) >= 11 is 0. The fraction of sp³-hybridized carbons (Fsp3) is 0.231. The molecule has 2 aliphatic rings. The zero-order valence-corrected chi connectivity index (χ0v) is 17.8. The van der Waals surface area contributed by atoms with Crippen molar-refractivity contribution in [1.82, 2.24) is 5.32 Å². The molecule has 0 saturated heterocycles. The lowest BCUT2D eigenvalue weighted by atomic mass is 10.0. The molecule has 2 N–H and O–H groups in total. The molecule has 162 valence electrons. The molecule has 6 heteroatoms. The standard InChI is InChI=1S/C26H25N3O3/c30-23-11-14-28-21-16-19-8-4-5-9-20(19)17-22(21)29(25(28)24(23)26(31)32)15-13-27-12-10-18-6-2-1-3-7-18/h1-9,16-17,27H,10-15H2,(H,31,32). The van der Waals surface area contributed by atoms with Gasteiger partial charge < -0.3 is 20.2 Å². The Hall–Kier alpha value is -3.64. The minimum Gasteiger partial charge on any atom is -0.477 e. The van der Waals surface area contributed by atoms with Crippen molar-refractivity contribution in [2.75, 3.05) is 36.0 Å². The summed E-state index contributed by atoms with van der Waals surface area (Å²) in [5.41, 5.74) is 3.09. The molecule has 0 fully saturated rings. The zero-order chi connectivity index (χ0) is 22.1. The van der Waals surface area contributed by atoms with Crippen LogP contribution < -0.4 is 15.1 Å². The molecule has 0 radical (unpaired) electrons. The van der Waals surface area contributed by atoms with Gasteiger partial charge in [0.2, 0.25) is 0 Å². The first-order valence-electron chi connectivity index (χ1n) is 11.0. The topological polar surface area (TPSA) is 72.9 Å². The van der Waals surface area contributed by atoms with Gasteiger partial charge in [0.1, 0.15) is 11.4 Å². The van der Waals surface area contributed by atoms with Crippen LogP contribution in [-0.2, 0) is 16.0 Å². The molecule has 3 aromatic carbocycles. The lowest BCUT2D eigenvalue weighted by Gasteiger charge is -2.30. The lowest BCUT2D eigenvalue weighted by molar-refractivity contribution is -0.134. The van der Waals surface area contributed by atoms with Crippen LogP contribution in [-0.4, -0.2) is 43.0 Å². The number of aliphatic carboxylic acids is 1. The number of nitrogens with zero attached hydrogens (tertiary/aromatic N) is 2. The summed E-state index contributed by atoms with van der Waals surface area (Å²) in [4.78, 5) is 28.6. The maximum absolute atomic E-state index is 12.5. The molecule has 0 saturated carbocycles. The number of nitrogens with one attached hydrogen (secondary N) is 1. The Kier molecular flexibility index (Phi) is 5.37. The predicted octanol–water partition coefficient (Wildman–Crippen LogP) is 3.57. The molecule has 0 amide bonds. The van der Waals surface area contributed by atoms with Gasteiger partial charge in [-0.3, -0.25) is 4.79 Å². The first-order chi connectivity index (χ1) is 15.6. The van der Waals surface area contributed by atoms with Crippen molar-refractivity contribution in [1.29, 1.82) is 0 Å². The summed E-state index contributed by atoms with van der Waals surface area (Å²) < 4.78 is 0. The number of carboxylic acids is 1. The highest BCUT2D eigenvalue weighted by Crippen LogP contribution is 2.46. The van der Waals surface area contributed by atoms with Gasteiger partial charge >= 0.3 is 5.97 Å². The van der Waals surface area contributed by atoms with Crippen molar-refractivity contribution >= 4 is 33.9 Å². The van der Waals surface area contributed by atoms with Crippen LogP contribution in [0.15, 0.2) is 78.1 Å². The molecule has 5 rings (SSSR count). The molecule has 2 aliphatic heterocycles. The van der Waals surface area contributed by atoms with Crippen molar-refractivity contribution in [3.05, 3.63) is 83.7 Å². The van der Waals surface area contributed by atoms with Gasteiger partial charge in [0.05, 0.1) is 11.4 Å². The highest BCUT2D eigenvalue weighted by Gasteiger charge is 2.41. The van der Waals surface area contributed by atoms with Crippen molar-refractivity contribution in [3.8, 4) is 0 Å². The molecule has 0 bridgehead atoms. The fourth-order valence-electron chi connectivity index (χ4n) is 4.62. The second-order valence-corrected chi connectivity index (χ2v) is 8.15. The Labute approximate surface area is 186 Å². The van der Waals surface area contributed by atoms with Crippen molar-refractivity contribution in [2.45, 2.75) is 12.8 Å². The number of carbonyl (C=O) groups is 2. The monoisotopic (exact) mass is 427 g/mol. The first kappa shape index (κ1) is 20.3. The third-order valence-electron chi connectivity index (χ3n) is 6.16. The normalized spacial score (nSPS) is 15.3. The van der Waals surface area contributed by atoms with Crippen LogP contribution in [0.5, 0.6) is 0 Å². The maximum Gasteiger partial charge on any atom is 0.343 e. The molecule has 0 aromatic heterocycles. The minimum absolute atomic E-state index is 0.110. The average Bonchev–Trinajstić information content (AvgIpc) is 3.10. The summed E-state index contributed by atoms with van der Waals surface area (Å²) in [7, 11) is 0. The highest BCUT2D eigenvalue weighted by atomic mass is 16.4. The van der Waals surface area contributed by atoms with E-state index in [4.69, 9.17) is 0 Å². The van der Waals surface area contributed by atoms with Gasteiger partial charge in [0, 0.05) is 26.1 Å². The van der Waals surface area contributed by atoms with E-state index in [1.807, 2.05) is 40.1 Å². The smallest absolute Gasteiger partial charge is 0.343 e. The second-order valence-electron chi connectivity index (χ2n) is 8.15. The number of benzene rings is 3. The van der Waals surface area contributed by atoms with E-state index in [9.17, 15) is 14.7 Å². The van der Waals surface area contributed by atoms with Gasteiger partial charge in [-0.15, -0.1) is 0 Å². The Balaban J connectivity index is 1.43. The number of fused-ring (bicyclic) bond motifs is 4. The molecular weight excluding hydrogens is 402 g/mol. The van der Waals surface area contributed by atoms with Gasteiger partial charge in [-0.1, -0.05) is 54.6 Å². The summed E-state index contributed by atoms with van der Waals surface area (Å²) in [6.45, 7) is 2.58. The summed E-state index contributed by atoms with van der Waals surface area (Å²) in [5, 5.41) is 15.5. The SMILES string of the molecule is O=C(O)C1=C2N(CCNCCc3ccccc3)c3cc4ccccc4cc3N2CCC1=O. The molecule has 0 aliphatic carbocycles. The predicted molar refractivity (Wildman–Crippen MR) is 126 cm³/mol. The van der Waals surface area contributed by atoms with Crippen LogP contribution in [0.4, 0.5) is 11.4 Å². The van der Waals surface area contributed by atoms with Gasteiger partial charge in [0.15, 0.2) is 5.78 Å². The first-order valence-corrected chi connectivity index (χ1v) is 11.0. The Bertz CT molecular complexity index is 1220. The van der Waals surface area contributed by atoms with E-state index in [1.165, 1.54) is 5.56 Å². The van der Waals surface area contributed by atoms with E-state index in [0.717, 1.165) is 35.1 Å². The van der Waals surface area contributed by atoms with E-state index >= 15 is 0 Å². The quantitative estimate of drug-likeness (QED) is 0.444. The molecule has 6 nitrogen and oxygen atoms in total. The third-order valence-corrected chi connectivity index (χ3v) is 6.16. The van der Waals surface area contributed by atoms with Crippen LogP contribution in [0.25, 0.3) is 10.8 Å². The Morgan fingerprint density at radius 3 is 2.34 bits per heavy atom. The van der Waals surface area contributed by atoms with Crippen LogP contribution in [0.2, 0.25) is 0 Å². The zero-order valence-electron chi connectivity index (χ0n) is 17.8. The number of carbonyl (C=O) groups excluding carboxylic acids is 1. The van der Waals surface area contributed by atoms with Crippen LogP contribution in [0, 0.1) is 0 Å². The number of carboxylic acid groups (broad SMARTS) is 1. The van der Waals surface area contributed by atoms with Crippen molar-refractivity contribution in [2.24, 2.45) is 0 Å². The van der Waals surface area contributed by atoms with Crippen LogP contribution >= 0.6 is 0 Å². The molecular formula is C26H25N3O3. The minimum atomic E-state index is -1.16. The number of Topliss-reactive ketones (excluding diaryl/α,β-unsaturated/α-hetero) is 1. The highest BCUT2D eigenvalue weighted by molar-refractivity contribution is 6.20. The molecule has 0 spiro atoms. The Morgan fingerprint density at radius 2 is 1.62 bits per heavy atom. The van der Waals surface area contributed by atoms with E-state index in [2.05, 4.69) is 41.7 Å². The average molecular weight is 428 g/mol.